The lowest BCUT2D eigenvalue weighted by Crippen LogP contribution is -1.91. The normalized spacial score (nSPS) is 10.9. The summed E-state index contributed by atoms with van der Waals surface area (Å²) in [6, 6.07) is 9.89. The summed E-state index contributed by atoms with van der Waals surface area (Å²) in [5.41, 5.74) is 4.01. The molecule has 0 amide bonds. The third-order valence-corrected chi connectivity index (χ3v) is 3.38. The Labute approximate surface area is 111 Å². The molecule has 0 spiro atoms. The molecule has 0 aliphatic rings. The molecule has 0 aliphatic heterocycles. The number of hydrogen-bond donors (Lipinski definition) is 0. The third-order valence-electron chi connectivity index (χ3n) is 3.38. The molecule has 0 aliphatic carbocycles. The Morgan fingerprint density at radius 2 is 1.89 bits per heavy atom. The first-order valence-electron chi connectivity index (χ1n) is 6.12. The fourth-order valence-corrected chi connectivity index (χ4v) is 2.13. The highest BCUT2D eigenvalue weighted by Crippen LogP contribution is 2.23. The van der Waals surface area contributed by atoms with Crippen molar-refractivity contribution in [2.75, 3.05) is 7.11 Å². The standard InChI is InChI=1S/C15H15N3O/c1-10-17-14-8-13(16-9-15(14)18(10)2)11-4-6-12(19-3)7-5-11/h4-9H,1-3H3. The van der Waals surface area contributed by atoms with Gasteiger partial charge >= 0.3 is 0 Å². The number of imidazole rings is 1. The quantitative estimate of drug-likeness (QED) is 0.705. The number of benzene rings is 1. The third kappa shape index (κ3) is 1.95. The van der Waals surface area contributed by atoms with Crippen molar-refractivity contribution in [3.8, 4) is 17.0 Å². The zero-order chi connectivity index (χ0) is 13.4. The molecule has 0 N–H and O–H groups in total. The number of methoxy groups -OCH3 is 1. The Kier molecular flexibility index (Phi) is 2.71. The highest BCUT2D eigenvalue weighted by molar-refractivity contribution is 5.79. The van der Waals surface area contributed by atoms with Crippen LogP contribution in [-0.2, 0) is 7.05 Å². The van der Waals surface area contributed by atoms with Crippen LogP contribution in [0.1, 0.15) is 5.82 Å². The molecular weight excluding hydrogens is 238 g/mol. The number of hydrogen-bond acceptors (Lipinski definition) is 3. The lowest BCUT2D eigenvalue weighted by Gasteiger charge is -2.03. The van der Waals surface area contributed by atoms with E-state index >= 15 is 0 Å². The van der Waals surface area contributed by atoms with Crippen molar-refractivity contribution in [2.45, 2.75) is 6.92 Å². The number of fused-ring (bicyclic) bond motifs is 1. The van der Waals surface area contributed by atoms with E-state index in [-0.39, 0.29) is 0 Å². The maximum absolute atomic E-state index is 5.16. The SMILES string of the molecule is COc1ccc(-c2cc3nc(C)n(C)c3cn2)cc1. The number of aryl methyl sites for hydroxylation is 2. The molecule has 0 unspecified atom stereocenters. The molecule has 3 rings (SSSR count). The fraction of sp³-hybridized carbons (Fsp3) is 0.200. The number of pyridine rings is 1. The second-order valence-electron chi connectivity index (χ2n) is 4.50. The smallest absolute Gasteiger partial charge is 0.118 e. The molecule has 1 aromatic carbocycles. The second kappa shape index (κ2) is 4.39. The van der Waals surface area contributed by atoms with Gasteiger partial charge in [0.25, 0.3) is 0 Å². The van der Waals surface area contributed by atoms with Crippen LogP contribution in [0.15, 0.2) is 36.5 Å². The van der Waals surface area contributed by atoms with E-state index in [4.69, 9.17) is 4.74 Å². The molecule has 19 heavy (non-hydrogen) atoms. The van der Waals surface area contributed by atoms with Crippen LogP contribution in [0.4, 0.5) is 0 Å². The van der Waals surface area contributed by atoms with Gasteiger partial charge in [0, 0.05) is 12.6 Å². The van der Waals surface area contributed by atoms with Gasteiger partial charge in [-0.1, -0.05) is 0 Å². The van der Waals surface area contributed by atoms with Gasteiger partial charge in [0.2, 0.25) is 0 Å². The lowest BCUT2D eigenvalue weighted by molar-refractivity contribution is 0.415. The molecule has 0 saturated carbocycles. The fourth-order valence-electron chi connectivity index (χ4n) is 2.13. The predicted molar refractivity (Wildman–Crippen MR) is 75.2 cm³/mol. The minimum absolute atomic E-state index is 0.846. The molecule has 2 heterocycles. The molecule has 0 bridgehead atoms. The summed E-state index contributed by atoms with van der Waals surface area (Å²) in [4.78, 5) is 9.04. The van der Waals surface area contributed by atoms with Crippen molar-refractivity contribution in [3.63, 3.8) is 0 Å². The van der Waals surface area contributed by atoms with Crippen LogP contribution >= 0.6 is 0 Å². The molecule has 0 saturated heterocycles. The van der Waals surface area contributed by atoms with Crippen LogP contribution < -0.4 is 4.74 Å². The molecular formula is C15H15N3O. The number of aromatic nitrogens is 3. The maximum Gasteiger partial charge on any atom is 0.118 e. The number of ether oxygens (including phenoxy) is 1. The van der Waals surface area contributed by atoms with E-state index in [0.29, 0.717) is 0 Å². The first-order valence-corrected chi connectivity index (χ1v) is 6.12. The van der Waals surface area contributed by atoms with Gasteiger partial charge in [0.1, 0.15) is 11.6 Å². The summed E-state index contributed by atoms with van der Waals surface area (Å²) >= 11 is 0. The number of nitrogens with zero attached hydrogens (tertiary/aromatic N) is 3. The van der Waals surface area contributed by atoms with Crippen LogP contribution in [0, 0.1) is 6.92 Å². The Hall–Kier alpha value is -2.36. The minimum Gasteiger partial charge on any atom is -0.497 e. The van der Waals surface area contributed by atoms with E-state index in [2.05, 4.69) is 9.97 Å². The average Bonchev–Trinajstić information content (AvgIpc) is 2.74. The van der Waals surface area contributed by atoms with Crippen LogP contribution in [0.2, 0.25) is 0 Å². The summed E-state index contributed by atoms with van der Waals surface area (Å²) in [6.07, 6.45) is 1.87. The van der Waals surface area contributed by atoms with Crippen molar-refractivity contribution in [1.29, 1.82) is 0 Å². The number of rotatable bonds is 2. The molecule has 4 heteroatoms. The Morgan fingerprint density at radius 1 is 1.16 bits per heavy atom. The van der Waals surface area contributed by atoms with E-state index in [9.17, 15) is 0 Å². The minimum atomic E-state index is 0.846. The molecule has 3 aromatic rings. The Bertz CT molecular complexity index is 729. The van der Waals surface area contributed by atoms with Crippen LogP contribution in [-0.4, -0.2) is 21.6 Å². The van der Waals surface area contributed by atoms with Gasteiger partial charge in [-0.2, -0.15) is 0 Å². The van der Waals surface area contributed by atoms with Crippen molar-refractivity contribution >= 4 is 11.0 Å². The van der Waals surface area contributed by atoms with Crippen molar-refractivity contribution < 1.29 is 4.74 Å². The molecule has 0 atom stereocenters. The average molecular weight is 253 g/mol. The maximum atomic E-state index is 5.16. The van der Waals surface area contributed by atoms with Crippen LogP contribution in [0.3, 0.4) is 0 Å². The zero-order valence-electron chi connectivity index (χ0n) is 11.2. The predicted octanol–water partition coefficient (Wildman–Crippen LogP) is 2.95. The van der Waals surface area contributed by atoms with Gasteiger partial charge in [-0.05, 0) is 37.3 Å². The van der Waals surface area contributed by atoms with E-state index in [1.807, 2.05) is 55.1 Å². The van der Waals surface area contributed by atoms with E-state index < -0.39 is 0 Å². The summed E-state index contributed by atoms with van der Waals surface area (Å²) in [5, 5.41) is 0. The second-order valence-corrected chi connectivity index (χ2v) is 4.50. The molecule has 0 radical (unpaired) electrons. The van der Waals surface area contributed by atoms with Gasteiger partial charge in [0.05, 0.1) is 30.0 Å². The molecule has 0 fully saturated rings. The Morgan fingerprint density at radius 3 is 2.58 bits per heavy atom. The summed E-state index contributed by atoms with van der Waals surface area (Å²) in [5.74, 6) is 1.84. The Balaban J connectivity index is 2.09. The summed E-state index contributed by atoms with van der Waals surface area (Å²) in [7, 11) is 3.66. The van der Waals surface area contributed by atoms with Crippen LogP contribution in [0.25, 0.3) is 22.3 Å². The topological polar surface area (TPSA) is 39.9 Å². The van der Waals surface area contributed by atoms with E-state index in [1.165, 1.54) is 0 Å². The molecule has 4 nitrogen and oxygen atoms in total. The highest BCUT2D eigenvalue weighted by Gasteiger charge is 2.07. The van der Waals surface area contributed by atoms with Gasteiger partial charge in [0.15, 0.2) is 0 Å². The summed E-state index contributed by atoms with van der Waals surface area (Å²) in [6.45, 7) is 1.99. The largest absolute Gasteiger partial charge is 0.497 e. The van der Waals surface area contributed by atoms with Crippen molar-refractivity contribution in [3.05, 3.63) is 42.4 Å². The van der Waals surface area contributed by atoms with Crippen molar-refractivity contribution in [1.82, 2.24) is 14.5 Å². The van der Waals surface area contributed by atoms with Gasteiger partial charge in [-0.25, -0.2) is 4.98 Å². The molecule has 96 valence electrons. The lowest BCUT2D eigenvalue weighted by atomic mass is 10.1. The first kappa shape index (κ1) is 11.7. The van der Waals surface area contributed by atoms with Crippen molar-refractivity contribution in [2.24, 2.45) is 7.05 Å². The molecule has 2 aromatic heterocycles. The first-order chi connectivity index (χ1) is 9.19. The van der Waals surface area contributed by atoms with Gasteiger partial charge < -0.3 is 9.30 Å². The monoisotopic (exact) mass is 253 g/mol. The zero-order valence-corrected chi connectivity index (χ0v) is 11.2. The van der Waals surface area contributed by atoms with Crippen LogP contribution in [0.5, 0.6) is 5.75 Å². The summed E-state index contributed by atoms with van der Waals surface area (Å²) < 4.78 is 7.20. The van der Waals surface area contributed by atoms with E-state index in [1.54, 1.807) is 7.11 Å². The van der Waals surface area contributed by atoms with Gasteiger partial charge in [-0.15, -0.1) is 0 Å². The van der Waals surface area contributed by atoms with Gasteiger partial charge in [-0.3, -0.25) is 4.98 Å². The highest BCUT2D eigenvalue weighted by atomic mass is 16.5. The van der Waals surface area contributed by atoms with E-state index in [0.717, 1.165) is 33.9 Å².